The fourth-order valence-corrected chi connectivity index (χ4v) is 1.75. The molecule has 3 N–H and O–H groups in total. The molecule has 3 radical (unpaired) electrons. The Morgan fingerprint density at radius 1 is 0.370 bits per heavy atom. The zero-order chi connectivity index (χ0) is 18.3. The summed E-state index contributed by atoms with van der Waals surface area (Å²) >= 11 is 0. The van der Waals surface area contributed by atoms with Crippen molar-refractivity contribution in [3.63, 3.8) is 0 Å². The summed E-state index contributed by atoms with van der Waals surface area (Å²) in [5.74, 6) is 1.24. The first kappa shape index (κ1) is 16.4. The Kier molecular flexibility index (Phi) is 4.78. The van der Waals surface area contributed by atoms with Gasteiger partial charge in [-0.15, -0.1) is 0 Å². The van der Waals surface area contributed by atoms with Crippen molar-refractivity contribution in [3.05, 3.63) is 38.0 Å². The first-order valence-corrected chi connectivity index (χ1v) is 7.28. The Hall–Kier alpha value is -4.08. The fraction of sp³-hybridized carbons (Fsp3) is 0. The van der Waals surface area contributed by atoms with Crippen molar-refractivity contribution in [3.8, 4) is 0 Å². The van der Waals surface area contributed by atoms with Crippen molar-refractivity contribution in [1.82, 2.24) is 59.8 Å². The summed E-state index contributed by atoms with van der Waals surface area (Å²) in [6.45, 7) is 0. The number of rotatable bonds is 6. The summed E-state index contributed by atoms with van der Waals surface area (Å²) in [5.41, 5.74) is 0. The predicted octanol–water partition coefficient (Wildman–Crippen LogP) is -4.64. The van der Waals surface area contributed by atoms with E-state index in [1.807, 2.05) is 0 Å². The van der Waals surface area contributed by atoms with Gasteiger partial charge in [-0.1, -0.05) is 15.0 Å². The largest absolute Gasteiger partial charge is 0.398 e. The highest BCUT2D eigenvalue weighted by Gasteiger charge is 2.25. The lowest BCUT2D eigenvalue weighted by atomic mass is 10.7. The van der Waals surface area contributed by atoms with E-state index in [4.69, 9.17) is 0 Å². The van der Waals surface area contributed by atoms with Gasteiger partial charge in [0.15, 0.2) is 0 Å². The number of nitrogens with zero attached hydrogens (tertiary/aromatic N) is 12. The number of nitrogens with one attached hydrogen (secondary N) is 3. The van der Waals surface area contributed by atoms with Crippen LogP contribution in [0.15, 0.2) is 38.0 Å². The molecule has 0 aromatic carbocycles. The molecular weight excluding hydrogens is 354 g/mol. The molecule has 4 aromatic heterocycles. The van der Waals surface area contributed by atoms with Crippen LogP contribution in [0.5, 0.6) is 0 Å². The third-order valence-corrected chi connectivity index (χ3v) is 2.79. The van der Waals surface area contributed by atoms with Crippen molar-refractivity contribution in [2.24, 2.45) is 0 Å². The van der Waals surface area contributed by atoms with Crippen LogP contribution in [0.3, 0.4) is 0 Å². The van der Waals surface area contributed by atoms with Gasteiger partial charge in [0, 0.05) is 0 Å². The van der Waals surface area contributed by atoms with Gasteiger partial charge in [-0.2, -0.15) is 29.9 Å². The second-order valence-corrected chi connectivity index (χ2v) is 4.57. The van der Waals surface area contributed by atoms with Gasteiger partial charge >= 0.3 is 35.7 Å². The van der Waals surface area contributed by atoms with Crippen LogP contribution >= 0.6 is 0 Å². The van der Waals surface area contributed by atoms with E-state index in [9.17, 15) is 0 Å². The van der Waals surface area contributed by atoms with Crippen molar-refractivity contribution < 1.29 is 16.0 Å². The van der Waals surface area contributed by atoms with Crippen molar-refractivity contribution in [2.45, 2.75) is 0 Å². The second kappa shape index (κ2) is 7.87. The predicted molar refractivity (Wildman–Crippen MR) is 80.2 cm³/mol. The van der Waals surface area contributed by atoms with Gasteiger partial charge in [0.25, 0.3) is 0 Å². The Balaban J connectivity index is 1.64. The molecule has 0 saturated heterocycles. The number of hydrogen-bond acceptors (Lipinski definition) is 15. The smallest absolute Gasteiger partial charge is 0.224 e. The summed E-state index contributed by atoms with van der Waals surface area (Å²) in [7, 11) is 0. The van der Waals surface area contributed by atoms with Crippen LogP contribution in [0, 0.1) is 0 Å². The van der Waals surface area contributed by atoms with E-state index in [0.717, 1.165) is 0 Å². The number of aromatic nitrogens is 12. The molecule has 4 aromatic rings. The van der Waals surface area contributed by atoms with Gasteiger partial charge in [0.05, 0.1) is 0 Å². The minimum absolute atomic E-state index is 0.157. The number of anilines is 6. The van der Waals surface area contributed by atoms with Gasteiger partial charge in [-0.25, -0.2) is 15.0 Å². The van der Waals surface area contributed by atoms with Gasteiger partial charge in [0.2, 0.25) is 0 Å². The Bertz CT molecular complexity index is 853. The molecule has 0 fully saturated rings. The Morgan fingerprint density at radius 2 is 0.630 bits per heavy atom. The van der Waals surface area contributed by atoms with E-state index in [1.54, 1.807) is 0 Å². The summed E-state index contributed by atoms with van der Waals surface area (Å²) in [4.78, 5) is 47.7. The molecule has 0 aliphatic heterocycles. The summed E-state index contributed by atoms with van der Waals surface area (Å²) < 4.78 is 0. The summed E-state index contributed by atoms with van der Waals surface area (Å²) in [6.07, 6.45) is 8.03. The molecule has 0 spiro atoms. The van der Waals surface area contributed by atoms with Crippen LogP contribution in [0.2, 0.25) is 0 Å². The fourth-order valence-electron chi connectivity index (χ4n) is 1.75. The minimum atomic E-state index is 0.157. The van der Waals surface area contributed by atoms with Crippen molar-refractivity contribution in [1.29, 1.82) is 0 Å². The molecule has 4 rings (SSSR count). The quantitative estimate of drug-likeness (QED) is 0.296. The maximum absolute atomic E-state index is 4.23. The van der Waals surface area contributed by atoms with Gasteiger partial charge in [-0.05, 0) is 16.0 Å². The third-order valence-electron chi connectivity index (χ3n) is 2.79. The standard InChI is InChI=1S/C12H9N15/c1-13-2-17-7(16-1)22-10-25-11(23-8-18-3-14-4-19-8)27-12(26-10)24-9-20-5-15-6-21-9/h1-6,22-24H/q+3. The molecule has 15 nitrogen and oxygen atoms in total. The minimum Gasteiger partial charge on any atom is -0.224 e. The highest BCUT2D eigenvalue weighted by molar-refractivity contribution is 5.23. The van der Waals surface area contributed by atoms with E-state index >= 15 is 0 Å². The van der Waals surface area contributed by atoms with Gasteiger partial charge in [-0.3, -0.25) is 0 Å². The van der Waals surface area contributed by atoms with Gasteiger partial charge in [0.1, 0.15) is 38.0 Å². The van der Waals surface area contributed by atoms with Crippen LogP contribution in [-0.4, -0.2) is 59.8 Å². The van der Waals surface area contributed by atoms with Crippen LogP contribution in [0.4, 0.5) is 35.7 Å². The topological polar surface area (TPSA) is 201 Å². The number of hydrogen-bond donors (Lipinski definition) is 3. The highest BCUT2D eigenvalue weighted by atomic mass is 15.3. The molecule has 0 bridgehead atoms. The molecule has 15 heteroatoms. The molecular formula is C12H9N15+3. The lowest BCUT2D eigenvalue weighted by Crippen LogP contribution is -2.79. The van der Waals surface area contributed by atoms with Gasteiger partial charge < -0.3 is 0 Å². The normalized spacial score (nSPS) is 10.7. The monoisotopic (exact) mass is 363 g/mol. The molecule has 27 heavy (non-hydrogen) atoms. The van der Waals surface area contributed by atoms with E-state index < -0.39 is 0 Å². The zero-order valence-electron chi connectivity index (χ0n) is 13.3. The van der Waals surface area contributed by atoms with Crippen molar-refractivity contribution in [2.75, 3.05) is 0 Å². The lowest BCUT2D eigenvalue weighted by molar-refractivity contribution is -0.521. The average Bonchev–Trinajstić information content (AvgIpc) is 2.70. The maximum Gasteiger partial charge on any atom is 0.398 e. The van der Waals surface area contributed by atoms with Crippen LogP contribution in [0.25, 0.3) is 0 Å². The van der Waals surface area contributed by atoms with Crippen LogP contribution < -0.4 is 16.0 Å². The second-order valence-electron chi connectivity index (χ2n) is 4.57. The Labute approximate surface area is 150 Å². The molecule has 0 aliphatic carbocycles. The zero-order valence-corrected chi connectivity index (χ0v) is 13.3. The van der Waals surface area contributed by atoms with Crippen LogP contribution in [-0.2, 0) is 0 Å². The van der Waals surface area contributed by atoms with E-state index in [2.05, 4.69) is 75.8 Å². The maximum atomic E-state index is 4.23. The molecule has 0 atom stereocenters. The lowest BCUT2D eigenvalue weighted by Gasteiger charge is -1.94. The first-order valence-electron chi connectivity index (χ1n) is 7.28. The Morgan fingerprint density at radius 3 is 0.889 bits per heavy atom. The molecule has 0 amide bonds. The van der Waals surface area contributed by atoms with E-state index in [1.165, 1.54) is 38.0 Å². The van der Waals surface area contributed by atoms with Crippen molar-refractivity contribution >= 4 is 35.7 Å². The molecule has 4 heterocycles. The summed E-state index contributed by atoms with van der Waals surface area (Å²) in [5, 5.41) is 8.54. The molecule has 0 aliphatic rings. The highest BCUT2D eigenvalue weighted by Crippen LogP contribution is 2.00. The molecule has 129 valence electrons. The molecule has 0 saturated carbocycles. The van der Waals surface area contributed by atoms with Crippen LogP contribution in [0.1, 0.15) is 0 Å². The van der Waals surface area contributed by atoms with E-state index in [-0.39, 0.29) is 35.7 Å². The van der Waals surface area contributed by atoms with E-state index in [0.29, 0.717) is 0 Å². The average molecular weight is 363 g/mol. The summed E-state index contributed by atoms with van der Waals surface area (Å²) in [6, 6.07) is 0. The third kappa shape index (κ3) is 4.51. The molecule has 0 unspecified atom stereocenters. The first-order chi connectivity index (χ1) is 13.3. The SMILES string of the molecule is c1ncnc([NH+]c2nc([NH+]c3ncncn3)nc([NH+]c3ncncn3)n2)n1.